The molecule has 6 heteroatoms. The van der Waals surface area contributed by atoms with Crippen LogP contribution in [0.1, 0.15) is 0 Å². The minimum Gasteiger partial charge on any atom is -0.338 e. The third kappa shape index (κ3) is 2.84. The molecule has 0 fully saturated rings. The Labute approximate surface area is 152 Å². The number of rotatable bonds is 3. The molecule has 0 aliphatic carbocycles. The van der Waals surface area contributed by atoms with E-state index in [0.29, 0.717) is 21.7 Å². The summed E-state index contributed by atoms with van der Waals surface area (Å²) in [5.74, 6) is 1.30. The molecule has 0 unspecified atom stereocenters. The van der Waals surface area contributed by atoms with E-state index in [4.69, 9.17) is 23.2 Å². The van der Waals surface area contributed by atoms with Gasteiger partial charge in [-0.15, -0.1) is 11.3 Å². The predicted molar refractivity (Wildman–Crippen MR) is 103 cm³/mol. The van der Waals surface area contributed by atoms with Crippen LogP contribution < -0.4 is 5.32 Å². The van der Waals surface area contributed by atoms with Crippen LogP contribution in [0, 0.1) is 0 Å². The van der Waals surface area contributed by atoms with Crippen LogP contribution in [0.5, 0.6) is 0 Å². The first-order valence-corrected chi connectivity index (χ1v) is 8.87. The van der Waals surface area contributed by atoms with Crippen LogP contribution in [0.2, 0.25) is 10.0 Å². The lowest BCUT2D eigenvalue weighted by Gasteiger charge is -2.11. The Morgan fingerprint density at radius 2 is 1.62 bits per heavy atom. The molecule has 4 rings (SSSR count). The van der Waals surface area contributed by atoms with Crippen molar-refractivity contribution >= 4 is 56.9 Å². The summed E-state index contributed by atoms with van der Waals surface area (Å²) >= 11 is 14.0. The van der Waals surface area contributed by atoms with E-state index >= 15 is 0 Å². The van der Waals surface area contributed by atoms with Crippen molar-refractivity contribution in [2.24, 2.45) is 0 Å². The molecule has 2 aromatic carbocycles. The second kappa shape index (κ2) is 6.40. The van der Waals surface area contributed by atoms with Crippen LogP contribution >= 0.6 is 34.5 Å². The smallest absolute Gasteiger partial charge is 0.173 e. The highest BCUT2D eigenvalue weighted by Crippen LogP contribution is 2.34. The van der Waals surface area contributed by atoms with Crippen molar-refractivity contribution < 1.29 is 0 Å². The third-order valence-electron chi connectivity index (χ3n) is 3.55. The summed E-state index contributed by atoms with van der Waals surface area (Å²) < 4.78 is 0. The molecular formula is C18H11Cl2N3S. The van der Waals surface area contributed by atoms with E-state index in [1.807, 2.05) is 60.0 Å². The molecule has 0 radical (unpaired) electrons. The van der Waals surface area contributed by atoms with Crippen LogP contribution in [0.15, 0.2) is 60.0 Å². The third-order valence-corrected chi connectivity index (χ3v) is 5.22. The van der Waals surface area contributed by atoms with Crippen LogP contribution in [-0.4, -0.2) is 9.97 Å². The largest absolute Gasteiger partial charge is 0.338 e. The number of aromatic nitrogens is 2. The average molecular weight is 372 g/mol. The SMILES string of the molecule is Clc1ccccc1Nc1nc(-c2sccc2Cl)nc2ccccc12. The molecular weight excluding hydrogens is 361 g/mol. The van der Waals surface area contributed by atoms with Crippen molar-refractivity contribution in [3.63, 3.8) is 0 Å². The Morgan fingerprint density at radius 1 is 0.833 bits per heavy atom. The molecule has 2 aromatic heterocycles. The summed E-state index contributed by atoms with van der Waals surface area (Å²) in [5, 5.41) is 7.46. The van der Waals surface area contributed by atoms with E-state index in [1.165, 1.54) is 11.3 Å². The molecule has 0 spiro atoms. The molecule has 1 N–H and O–H groups in total. The van der Waals surface area contributed by atoms with Crippen molar-refractivity contribution in [3.05, 3.63) is 70.0 Å². The maximum absolute atomic E-state index is 6.26. The van der Waals surface area contributed by atoms with Gasteiger partial charge in [-0.3, -0.25) is 0 Å². The van der Waals surface area contributed by atoms with E-state index in [1.54, 1.807) is 0 Å². The van der Waals surface area contributed by atoms with Gasteiger partial charge in [-0.1, -0.05) is 47.5 Å². The van der Waals surface area contributed by atoms with Gasteiger partial charge in [0, 0.05) is 5.39 Å². The van der Waals surface area contributed by atoms with Crippen LogP contribution in [0.25, 0.3) is 21.6 Å². The topological polar surface area (TPSA) is 37.8 Å². The molecule has 0 bridgehead atoms. The molecule has 0 aliphatic rings. The second-order valence-corrected chi connectivity index (χ2v) is 6.85. The van der Waals surface area contributed by atoms with Gasteiger partial charge in [0.05, 0.1) is 26.1 Å². The molecule has 24 heavy (non-hydrogen) atoms. The highest BCUT2D eigenvalue weighted by Gasteiger charge is 2.13. The minimum absolute atomic E-state index is 0.600. The molecule has 2 heterocycles. The first-order chi connectivity index (χ1) is 11.7. The highest BCUT2D eigenvalue weighted by molar-refractivity contribution is 7.14. The number of para-hydroxylation sites is 2. The highest BCUT2D eigenvalue weighted by atomic mass is 35.5. The lowest BCUT2D eigenvalue weighted by atomic mass is 10.2. The normalized spacial score (nSPS) is 10.9. The zero-order valence-electron chi connectivity index (χ0n) is 12.3. The van der Waals surface area contributed by atoms with Gasteiger partial charge in [-0.25, -0.2) is 9.97 Å². The second-order valence-electron chi connectivity index (χ2n) is 5.12. The summed E-state index contributed by atoms with van der Waals surface area (Å²) in [7, 11) is 0. The number of halogens is 2. The van der Waals surface area contributed by atoms with Crippen molar-refractivity contribution in [1.29, 1.82) is 0 Å². The Hall–Kier alpha value is -2.14. The number of nitrogens with one attached hydrogen (secondary N) is 1. The van der Waals surface area contributed by atoms with E-state index in [2.05, 4.69) is 15.3 Å². The van der Waals surface area contributed by atoms with E-state index in [9.17, 15) is 0 Å². The Balaban J connectivity index is 1.90. The number of anilines is 2. The number of thiophene rings is 1. The lowest BCUT2D eigenvalue weighted by Crippen LogP contribution is -1.99. The van der Waals surface area contributed by atoms with Gasteiger partial charge in [-0.05, 0) is 35.7 Å². The number of nitrogens with zero attached hydrogens (tertiary/aromatic N) is 2. The number of benzene rings is 2. The Morgan fingerprint density at radius 3 is 2.42 bits per heavy atom. The summed E-state index contributed by atoms with van der Waals surface area (Å²) in [5.41, 5.74) is 1.65. The lowest BCUT2D eigenvalue weighted by molar-refractivity contribution is 1.23. The van der Waals surface area contributed by atoms with Gasteiger partial charge in [0.2, 0.25) is 0 Å². The number of hydrogen-bond acceptors (Lipinski definition) is 4. The molecule has 0 atom stereocenters. The van der Waals surface area contributed by atoms with Gasteiger partial charge >= 0.3 is 0 Å². The van der Waals surface area contributed by atoms with Gasteiger partial charge in [0.15, 0.2) is 5.82 Å². The first-order valence-electron chi connectivity index (χ1n) is 7.24. The summed E-state index contributed by atoms with van der Waals surface area (Å²) in [6, 6.07) is 17.3. The van der Waals surface area contributed by atoms with Gasteiger partial charge in [-0.2, -0.15) is 0 Å². The number of fused-ring (bicyclic) bond motifs is 1. The van der Waals surface area contributed by atoms with E-state index in [0.717, 1.165) is 21.5 Å². The van der Waals surface area contributed by atoms with E-state index < -0.39 is 0 Å². The monoisotopic (exact) mass is 371 g/mol. The van der Waals surface area contributed by atoms with Gasteiger partial charge in [0.1, 0.15) is 5.82 Å². The Bertz CT molecular complexity index is 1030. The Kier molecular flexibility index (Phi) is 4.10. The zero-order chi connectivity index (χ0) is 16.5. The quantitative estimate of drug-likeness (QED) is 0.452. The van der Waals surface area contributed by atoms with Crippen molar-refractivity contribution in [3.8, 4) is 10.7 Å². The summed E-state index contributed by atoms with van der Waals surface area (Å²) in [4.78, 5) is 10.2. The maximum Gasteiger partial charge on any atom is 0.173 e. The fourth-order valence-corrected chi connectivity index (χ4v) is 3.67. The summed E-state index contributed by atoms with van der Waals surface area (Å²) in [6.45, 7) is 0. The minimum atomic E-state index is 0.600. The molecule has 118 valence electrons. The predicted octanol–water partition coefficient (Wildman–Crippen LogP) is 6.41. The first kappa shape index (κ1) is 15.4. The molecule has 3 nitrogen and oxygen atoms in total. The molecule has 0 aliphatic heterocycles. The van der Waals surface area contributed by atoms with Crippen LogP contribution in [0.3, 0.4) is 0 Å². The van der Waals surface area contributed by atoms with Gasteiger partial charge in [0.25, 0.3) is 0 Å². The van der Waals surface area contributed by atoms with Gasteiger partial charge < -0.3 is 5.32 Å². The fraction of sp³-hybridized carbons (Fsp3) is 0. The van der Waals surface area contributed by atoms with Crippen LogP contribution in [-0.2, 0) is 0 Å². The molecule has 4 aromatic rings. The zero-order valence-corrected chi connectivity index (χ0v) is 14.7. The fourth-order valence-electron chi connectivity index (χ4n) is 2.42. The maximum atomic E-state index is 6.26. The van der Waals surface area contributed by atoms with Crippen molar-refractivity contribution in [2.45, 2.75) is 0 Å². The number of hydrogen-bond donors (Lipinski definition) is 1. The summed E-state index contributed by atoms with van der Waals surface area (Å²) in [6.07, 6.45) is 0. The van der Waals surface area contributed by atoms with E-state index in [-0.39, 0.29) is 0 Å². The average Bonchev–Trinajstić information content (AvgIpc) is 3.03. The molecule has 0 saturated heterocycles. The van der Waals surface area contributed by atoms with Crippen molar-refractivity contribution in [1.82, 2.24) is 9.97 Å². The van der Waals surface area contributed by atoms with Crippen LogP contribution in [0.4, 0.5) is 11.5 Å². The standard InChI is InChI=1S/C18H11Cl2N3S/c19-12-6-2-4-8-15(12)22-17-11-5-1-3-7-14(11)21-18(23-17)16-13(20)9-10-24-16/h1-10H,(H,21,22,23). The molecule has 0 amide bonds. The molecule has 0 saturated carbocycles. The van der Waals surface area contributed by atoms with Crippen molar-refractivity contribution in [2.75, 3.05) is 5.32 Å².